The normalized spacial score (nSPS) is 18.4. The van der Waals surface area contributed by atoms with Gasteiger partial charge in [0, 0.05) is 79.0 Å². The zero-order chi connectivity index (χ0) is 21.9. The van der Waals surface area contributed by atoms with Crippen molar-refractivity contribution in [1.29, 1.82) is 0 Å². The molecule has 2 aliphatic rings. The minimum Gasteiger partial charge on any atom is -0.351 e. The summed E-state index contributed by atoms with van der Waals surface area (Å²) in [6, 6.07) is 1.82. The number of nitrogens with zero attached hydrogens (tertiary/aromatic N) is 5. The lowest BCUT2D eigenvalue weighted by molar-refractivity contribution is -0.143. The molecular weight excluding hydrogens is 409 g/mol. The maximum Gasteiger partial charge on any atom is 0.224 e. The number of aromatic amines is 1. The van der Waals surface area contributed by atoms with E-state index < -0.39 is 0 Å². The van der Waals surface area contributed by atoms with Gasteiger partial charge in [-0.25, -0.2) is 14.4 Å². The van der Waals surface area contributed by atoms with E-state index in [0.717, 1.165) is 55.3 Å². The number of pyridine rings is 1. The van der Waals surface area contributed by atoms with Crippen molar-refractivity contribution in [2.45, 2.75) is 38.6 Å². The first-order valence-corrected chi connectivity index (χ1v) is 11.0. The third-order valence-electron chi connectivity index (χ3n) is 7.06. The minimum atomic E-state index is -0.367. The van der Waals surface area contributed by atoms with E-state index in [9.17, 15) is 9.18 Å². The Kier molecular flexibility index (Phi) is 4.21. The third kappa shape index (κ3) is 3.11. The molecule has 2 fully saturated rings. The van der Waals surface area contributed by atoms with Crippen molar-refractivity contribution in [3.8, 4) is 11.1 Å². The predicted molar refractivity (Wildman–Crippen MR) is 119 cm³/mol. The van der Waals surface area contributed by atoms with Crippen molar-refractivity contribution >= 4 is 28.5 Å². The van der Waals surface area contributed by atoms with Gasteiger partial charge < -0.3 is 19.6 Å². The van der Waals surface area contributed by atoms with Crippen LogP contribution in [0.25, 0.3) is 27.8 Å². The molecule has 8 nitrogen and oxygen atoms in total. The number of halogens is 1. The van der Waals surface area contributed by atoms with Crippen molar-refractivity contribution in [2.75, 3.05) is 18.4 Å². The van der Waals surface area contributed by atoms with Crippen LogP contribution in [-0.4, -0.2) is 54.3 Å². The highest BCUT2D eigenvalue weighted by Crippen LogP contribution is 2.44. The molecule has 1 saturated carbocycles. The first-order valence-electron chi connectivity index (χ1n) is 11.0. The fourth-order valence-electron chi connectivity index (χ4n) is 5.21. The van der Waals surface area contributed by atoms with Crippen molar-refractivity contribution in [3.63, 3.8) is 0 Å². The number of amides is 1. The molecule has 4 aromatic rings. The van der Waals surface area contributed by atoms with Gasteiger partial charge in [0.25, 0.3) is 0 Å². The van der Waals surface area contributed by atoms with E-state index in [1.807, 2.05) is 17.3 Å². The monoisotopic (exact) mass is 433 g/mol. The molecule has 0 unspecified atom stereocenters. The average molecular weight is 433 g/mol. The van der Waals surface area contributed by atoms with Crippen molar-refractivity contribution in [2.24, 2.45) is 5.41 Å². The largest absolute Gasteiger partial charge is 0.351 e. The van der Waals surface area contributed by atoms with Crippen LogP contribution in [0.4, 0.5) is 10.3 Å². The Morgan fingerprint density at radius 3 is 2.88 bits per heavy atom. The summed E-state index contributed by atoms with van der Waals surface area (Å²) in [6.07, 6.45) is 13.1. The van der Waals surface area contributed by atoms with E-state index in [4.69, 9.17) is 0 Å². The molecule has 9 heteroatoms. The summed E-state index contributed by atoms with van der Waals surface area (Å²) in [7, 11) is 0. The number of nitrogens with one attached hydrogen (secondary N) is 2. The number of anilines is 1. The van der Waals surface area contributed by atoms with Gasteiger partial charge in [-0.15, -0.1) is 0 Å². The quantitative estimate of drug-likeness (QED) is 0.515. The summed E-state index contributed by atoms with van der Waals surface area (Å²) in [5, 5.41) is 4.32. The second-order valence-corrected chi connectivity index (χ2v) is 9.19. The van der Waals surface area contributed by atoms with Crippen LogP contribution < -0.4 is 5.32 Å². The lowest BCUT2D eigenvalue weighted by Crippen LogP contribution is -2.59. The number of rotatable bonds is 3. The number of carbonyl (C=O) groups excluding carboxylic acids is 1. The minimum absolute atomic E-state index is 0.176. The van der Waals surface area contributed by atoms with Gasteiger partial charge in [0.15, 0.2) is 11.5 Å². The summed E-state index contributed by atoms with van der Waals surface area (Å²) in [6.45, 7) is 3.44. The maximum atomic E-state index is 14.4. The van der Waals surface area contributed by atoms with Crippen LogP contribution in [0.1, 0.15) is 32.6 Å². The first-order chi connectivity index (χ1) is 15.5. The Hall–Kier alpha value is -3.49. The number of likely N-dealkylation sites (tertiary alicyclic amines) is 1. The Morgan fingerprint density at radius 2 is 2.09 bits per heavy atom. The maximum absolute atomic E-state index is 14.4. The third-order valence-corrected chi connectivity index (χ3v) is 7.06. The molecule has 4 aromatic heterocycles. The van der Waals surface area contributed by atoms with E-state index in [-0.39, 0.29) is 11.7 Å². The van der Waals surface area contributed by atoms with Crippen molar-refractivity contribution in [1.82, 2.24) is 29.2 Å². The van der Waals surface area contributed by atoms with Crippen LogP contribution in [0, 0.1) is 11.2 Å². The van der Waals surface area contributed by atoms with Crippen LogP contribution in [-0.2, 0) is 4.79 Å². The molecule has 1 aliphatic carbocycles. The molecule has 1 amide bonds. The molecule has 2 N–H and O–H groups in total. The van der Waals surface area contributed by atoms with Crippen molar-refractivity contribution in [3.05, 3.63) is 42.9 Å². The average Bonchev–Trinajstić information content (AvgIpc) is 3.39. The van der Waals surface area contributed by atoms with E-state index in [1.165, 1.54) is 6.07 Å². The van der Waals surface area contributed by atoms with Gasteiger partial charge in [0.05, 0.1) is 0 Å². The predicted octanol–water partition coefficient (Wildman–Crippen LogP) is 3.61. The number of fused-ring (bicyclic) bond motifs is 2. The molecule has 0 radical (unpaired) electrons. The van der Waals surface area contributed by atoms with E-state index >= 15 is 0 Å². The summed E-state index contributed by atoms with van der Waals surface area (Å²) in [5.41, 5.74) is 2.92. The van der Waals surface area contributed by atoms with Gasteiger partial charge in [0.2, 0.25) is 11.9 Å². The molecule has 1 saturated heterocycles. The number of aromatic nitrogens is 5. The summed E-state index contributed by atoms with van der Waals surface area (Å²) >= 11 is 0. The number of hydrogen-bond donors (Lipinski definition) is 2. The molecular formula is C23H24FN7O. The van der Waals surface area contributed by atoms with Crippen LogP contribution in [0.5, 0.6) is 0 Å². The fourth-order valence-corrected chi connectivity index (χ4v) is 5.21. The van der Waals surface area contributed by atoms with E-state index in [1.54, 1.807) is 29.9 Å². The molecule has 164 valence electrons. The second-order valence-electron chi connectivity index (χ2n) is 9.19. The number of H-pyrrole nitrogens is 1. The van der Waals surface area contributed by atoms with Gasteiger partial charge in [0.1, 0.15) is 5.65 Å². The molecule has 1 aliphatic heterocycles. The topological polar surface area (TPSA) is 91.2 Å². The zero-order valence-electron chi connectivity index (χ0n) is 17.8. The van der Waals surface area contributed by atoms with Gasteiger partial charge in [-0.05, 0) is 31.7 Å². The van der Waals surface area contributed by atoms with Crippen LogP contribution in [0.2, 0.25) is 0 Å². The molecule has 0 aromatic carbocycles. The fraction of sp³-hybridized carbons (Fsp3) is 0.391. The summed E-state index contributed by atoms with van der Waals surface area (Å²) < 4.78 is 16.1. The van der Waals surface area contributed by atoms with Gasteiger partial charge >= 0.3 is 0 Å². The van der Waals surface area contributed by atoms with Crippen LogP contribution in [0.3, 0.4) is 0 Å². The van der Waals surface area contributed by atoms with E-state index in [2.05, 4.69) is 25.3 Å². The first kappa shape index (κ1) is 19.2. The zero-order valence-corrected chi connectivity index (χ0v) is 17.8. The summed E-state index contributed by atoms with van der Waals surface area (Å²) in [4.78, 5) is 29.8. The molecule has 6 rings (SSSR count). The highest BCUT2D eigenvalue weighted by Gasteiger charge is 2.46. The van der Waals surface area contributed by atoms with Crippen LogP contribution in [0.15, 0.2) is 37.1 Å². The van der Waals surface area contributed by atoms with Gasteiger partial charge in [-0.1, -0.05) is 0 Å². The Labute approximate surface area is 183 Å². The molecule has 0 atom stereocenters. The van der Waals surface area contributed by atoms with E-state index in [0.29, 0.717) is 28.7 Å². The Morgan fingerprint density at radius 1 is 1.28 bits per heavy atom. The number of imidazole rings is 1. The molecule has 1 spiro atoms. The van der Waals surface area contributed by atoms with Crippen molar-refractivity contribution < 1.29 is 9.18 Å². The molecule has 32 heavy (non-hydrogen) atoms. The van der Waals surface area contributed by atoms with Gasteiger partial charge in [-0.2, -0.15) is 4.98 Å². The molecule has 5 heterocycles. The Balaban J connectivity index is 1.18. The van der Waals surface area contributed by atoms with Gasteiger partial charge in [-0.3, -0.25) is 4.79 Å². The smallest absolute Gasteiger partial charge is 0.224 e. The number of carbonyl (C=O) groups is 1. The second kappa shape index (κ2) is 7.01. The number of hydrogen-bond acceptors (Lipinski definition) is 5. The standard InChI is InChI=1S/C23H24FN7O/c1-14(32)31-12-23(13-31)4-2-16(3-5-23)28-22-27-10-18-17(9-26-20(18)29-22)15-8-19(24)21-25-6-7-30(21)11-15/h6-11,16H,2-5,12-13H2,1H3,(H2,26,27,28,29). The SMILES string of the molecule is CC(=O)N1CC2(CCC(Nc3ncc4c(-c5cc(F)c6nccn6c5)c[nH]c4n3)CC2)C1. The van der Waals surface area contributed by atoms with Crippen LogP contribution >= 0.6 is 0 Å². The highest BCUT2D eigenvalue weighted by atomic mass is 19.1. The lowest BCUT2D eigenvalue weighted by atomic mass is 9.67. The molecule has 0 bridgehead atoms. The Bertz CT molecular complexity index is 1330. The lowest BCUT2D eigenvalue weighted by Gasteiger charge is -2.53. The highest BCUT2D eigenvalue weighted by molar-refractivity contribution is 5.93. The summed E-state index contributed by atoms with van der Waals surface area (Å²) in [5.74, 6) is 0.409.